The van der Waals surface area contributed by atoms with Gasteiger partial charge in [0.2, 0.25) is 17.7 Å². The van der Waals surface area contributed by atoms with Gasteiger partial charge in [0.1, 0.15) is 18.2 Å². The molecule has 0 saturated carbocycles. The summed E-state index contributed by atoms with van der Waals surface area (Å²) >= 11 is 0. The topological polar surface area (TPSA) is 125 Å². The lowest BCUT2D eigenvalue weighted by atomic mass is 9.77. The van der Waals surface area contributed by atoms with Gasteiger partial charge in [0.05, 0.1) is 36.6 Å². The van der Waals surface area contributed by atoms with Crippen LogP contribution in [0.4, 0.5) is 0 Å². The van der Waals surface area contributed by atoms with Gasteiger partial charge in [0, 0.05) is 18.5 Å². The molecule has 48 heavy (non-hydrogen) atoms. The van der Waals surface area contributed by atoms with Gasteiger partial charge < -0.3 is 29.7 Å². The van der Waals surface area contributed by atoms with Crippen LogP contribution in [0.3, 0.4) is 0 Å². The predicted molar refractivity (Wildman–Crippen MR) is 181 cm³/mol. The van der Waals surface area contributed by atoms with Crippen LogP contribution in [-0.4, -0.2) is 87.7 Å². The van der Waals surface area contributed by atoms with Crippen LogP contribution in [-0.2, 0) is 28.7 Å². The molecule has 4 heterocycles. The van der Waals surface area contributed by atoms with Crippen molar-refractivity contribution in [3.63, 3.8) is 0 Å². The van der Waals surface area contributed by atoms with Gasteiger partial charge in [-0.1, -0.05) is 95.7 Å². The third-order valence-electron chi connectivity index (χ3n) is 10.5. The zero-order valence-electron chi connectivity index (χ0n) is 29.5. The quantitative estimate of drug-likeness (QED) is 0.329. The van der Waals surface area contributed by atoms with Crippen LogP contribution in [0.25, 0.3) is 0 Å². The summed E-state index contributed by atoms with van der Waals surface area (Å²) in [6.45, 7) is 14.4. The third kappa shape index (κ3) is 6.70. The van der Waals surface area contributed by atoms with E-state index in [4.69, 9.17) is 9.47 Å². The van der Waals surface area contributed by atoms with Crippen LogP contribution in [0, 0.1) is 23.2 Å². The summed E-state index contributed by atoms with van der Waals surface area (Å²) in [4.78, 5) is 60.4. The number of aliphatic hydroxyl groups excluding tert-OH is 1. The number of aliphatic hydroxyl groups is 1. The molecule has 4 aliphatic rings. The molecule has 2 fully saturated rings. The molecular weight excluding hydrogens is 610 g/mol. The highest BCUT2D eigenvalue weighted by Crippen LogP contribution is 2.54. The number of likely N-dealkylation sites (tertiary alicyclic amines) is 1. The lowest BCUT2D eigenvalue weighted by Crippen LogP contribution is -2.62. The molecular formula is C38H53N3O7. The minimum Gasteiger partial charge on any atom is -0.463 e. The fraction of sp³-hybridized carbons (Fsp3) is 0.632. The summed E-state index contributed by atoms with van der Waals surface area (Å²) in [6, 6.07) is 6.87. The molecule has 10 heteroatoms. The van der Waals surface area contributed by atoms with Gasteiger partial charge in [-0.05, 0) is 43.6 Å². The highest BCUT2D eigenvalue weighted by Gasteiger charge is 2.72. The Kier molecular flexibility index (Phi) is 10.3. The number of fused-ring (bicyclic) bond motifs is 2. The molecule has 0 unspecified atom stereocenters. The largest absolute Gasteiger partial charge is 0.463 e. The summed E-state index contributed by atoms with van der Waals surface area (Å²) in [5, 5.41) is 13.8. The molecule has 1 aromatic rings. The van der Waals surface area contributed by atoms with Crippen LogP contribution in [0.1, 0.15) is 85.8 Å². The number of benzene rings is 1. The van der Waals surface area contributed by atoms with E-state index in [-0.39, 0.29) is 48.8 Å². The van der Waals surface area contributed by atoms with Crippen LogP contribution >= 0.6 is 0 Å². The summed E-state index contributed by atoms with van der Waals surface area (Å²) < 4.78 is 12.5. The molecule has 1 aromatic carbocycles. The van der Waals surface area contributed by atoms with E-state index in [0.717, 1.165) is 5.56 Å². The van der Waals surface area contributed by atoms with Gasteiger partial charge in [-0.25, -0.2) is 0 Å². The smallest absolute Gasteiger partial charge is 0.306 e. The molecule has 10 nitrogen and oxygen atoms in total. The first kappa shape index (κ1) is 35.8. The van der Waals surface area contributed by atoms with Crippen LogP contribution < -0.4 is 5.32 Å². The molecule has 0 bridgehead atoms. The Morgan fingerprint density at radius 3 is 2.40 bits per heavy atom. The van der Waals surface area contributed by atoms with Gasteiger partial charge in [-0.3, -0.25) is 19.2 Å². The van der Waals surface area contributed by atoms with Crippen LogP contribution in [0.5, 0.6) is 0 Å². The highest BCUT2D eigenvalue weighted by atomic mass is 16.5. The van der Waals surface area contributed by atoms with Crippen molar-refractivity contribution in [1.29, 1.82) is 0 Å². The standard InChI is InChI=1S/C38H53N3O7/c1-8-24(2)27(21-42)41-32-35(46)40(37(6,7)23-36(3,4)5)20-14-19-38(32)31(34(41)45)30-28(48-38)17-12-13-18-29(43)47-22-26(39-33(30)44)25-15-10-9-11-16-25/h9-12,14-17,19,24,26-28,30-32,42H,8,13,18,20-23H2,1-7H3,(H,39,44)/b17-12-/t24-,26-,27-,28+,30-,31-,32+,38-/m0/s1. The molecule has 1 spiro atoms. The van der Waals surface area contributed by atoms with E-state index in [1.165, 1.54) is 0 Å². The Bertz CT molecular complexity index is 1430. The number of ether oxygens (including phenoxy) is 2. The normalized spacial score (nSPS) is 31.8. The summed E-state index contributed by atoms with van der Waals surface area (Å²) in [5.41, 5.74) is -1.34. The summed E-state index contributed by atoms with van der Waals surface area (Å²) in [6.07, 6.45) is 8.35. The molecule has 2 N–H and O–H groups in total. The maximum Gasteiger partial charge on any atom is 0.306 e. The molecule has 3 amide bonds. The van der Waals surface area contributed by atoms with Crippen molar-refractivity contribution >= 4 is 23.7 Å². The molecule has 5 rings (SSSR count). The second-order valence-electron chi connectivity index (χ2n) is 15.7. The number of allylic oxidation sites excluding steroid dienone is 1. The number of nitrogens with zero attached hydrogens (tertiary/aromatic N) is 2. The van der Waals surface area contributed by atoms with Crippen molar-refractivity contribution in [2.24, 2.45) is 23.2 Å². The first-order valence-corrected chi connectivity index (χ1v) is 17.4. The van der Waals surface area contributed by atoms with E-state index in [9.17, 15) is 19.5 Å². The molecule has 0 radical (unpaired) electrons. The maximum absolute atomic E-state index is 15.0. The first-order valence-electron chi connectivity index (χ1n) is 17.4. The highest BCUT2D eigenvalue weighted by molar-refractivity contribution is 6.00. The van der Waals surface area contributed by atoms with E-state index >= 15 is 4.79 Å². The van der Waals surface area contributed by atoms with Crippen molar-refractivity contribution in [2.75, 3.05) is 19.8 Å². The minimum absolute atomic E-state index is 0.0636. The fourth-order valence-electron chi connectivity index (χ4n) is 8.49. The van der Waals surface area contributed by atoms with E-state index in [0.29, 0.717) is 25.8 Å². The Labute approximate surface area is 284 Å². The Hall–Kier alpha value is -3.50. The average Bonchev–Trinajstić information content (AvgIpc) is 3.40. The SMILES string of the molecule is CC[C@H](C)[C@H](CO)N1C(=O)[C@@H]2[C@H]3C(=O)N[C@H](c4ccccc4)COC(=O)CC/C=C\[C@H]3O[C@@]23C=CCN(C(C)(C)CC(C)(C)C)C(=O)[C@@H]13. The number of nitrogens with one attached hydrogen (secondary N) is 1. The number of carbonyl (C=O) groups is 4. The van der Waals surface area contributed by atoms with E-state index in [1.807, 2.05) is 75.1 Å². The van der Waals surface area contributed by atoms with Gasteiger partial charge in [0.15, 0.2) is 0 Å². The third-order valence-corrected chi connectivity index (χ3v) is 10.5. The molecule has 8 atom stereocenters. The van der Waals surface area contributed by atoms with Crippen molar-refractivity contribution < 1.29 is 33.8 Å². The number of amides is 3. The lowest BCUT2D eigenvalue weighted by Gasteiger charge is -2.46. The average molecular weight is 664 g/mol. The second-order valence-corrected chi connectivity index (χ2v) is 15.7. The van der Waals surface area contributed by atoms with Gasteiger partial charge >= 0.3 is 5.97 Å². The molecule has 4 aliphatic heterocycles. The summed E-state index contributed by atoms with van der Waals surface area (Å²) in [7, 11) is 0. The number of cyclic esters (lactones) is 1. The first-order chi connectivity index (χ1) is 22.6. The van der Waals surface area contributed by atoms with Crippen molar-refractivity contribution in [2.45, 2.75) is 110 Å². The zero-order valence-corrected chi connectivity index (χ0v) is 29.5. The van der Waals surface area contributed by atoms with Crippen molar-refractivity contribution in [3.05, 3.63) is 60.2 Å². The minimum atomic E-state index is -1.45. The van der Waals surface area contributed by atoms with Gasteiger partial charge in [0.25, 0.3) is 0 Å². The van der Waals surface area contributed by atoms with E-state index < -0.39 is 53.1 Å². The molecule has 0 aliphatic carbocycles. The Balaban J connectivity index is 1.64. The predicted octanol–water partition coefficient (Wildman–Crippen LogP) is 4.34. The Morgan fingerprint density at radius 1 is 1.04 bits per heavy atom. The number of hydrogen-bond acceptors (Lipinski definition) is 7. The molecule has 262 valence electrons. The number of rotatable bonds is 7. The monoisotopic (exact) mass is 663 g/mol. The van der Waals surface area contributed by atoms with E-state index in [1.54, 1.807) is 17.1 Å². The van der Waals surface area contributed by atoms with Crippen LogP contribution in [0.15, 0.2) is 54.6 Å². The van der Waals surface area contributed by atoms with Gasteiger partial charge in [-0.15, -0.1) is 0 Å². The van der Waals surface area contributed by atoms with Gasteiger partial charge in [-0.2, -0.15) is 0 Å². The van der Waals surface area contributed by atoms with Crippen molar-refractivity contribution in [3.8, 4) is 0 Å². The molecule has 2 saturated heterocycles. The number of esters is 1. The van der Waals surface area contributed by atoms with E-state index in [2.05, 4.69) is 26.1 Å². The lowest BCUT2D eigenvalue weighted by molar-refractivity contribution is -0.156. The fourth-order valence-corrected chi connectivity index (χ4v) is 8.49. The zero-order chi connectivity index (χ0) is 35.0. The molecule has 0 aromatic heterocycles. The maximum atomic E-state index is 15.0. The second kappa shape index (κ2) is 13.8. The number of hydrogen-bond donors (Lipinski definition) is 2. The summed E-state index contributed by atoms with van der Waals surface area (Å²) in [5.74, 6) is -3.56. The Morgan fingerprint density at radius 2 is 1.75 bits per heavy atom. The van der Waals surface area contributed by atoms with Crippen LogP contribution in [0.2, 0.25) is 0 Å². The number of carbonyl (C=O) groups excluding carboxylic acids is 4. The van der Waals surface area contributed by atoms with Crippen molar-refractivity contribution in [1.82, 2.24) is 15.1 Å².